The first-order valence-corrected chi connectivity index (χ1v) is 6.00. The fourth-order valence-electron chi connectivity index (χ4n) is 1.58. The van der Waals surface area contributed by atoms with Crippen molar-refractivity contribution >= 4 is 11.7 Å². The molecule has 0 radical (unpaired) electrons. The number of rotatable bonds is 7. The molecule has 0 aliphatic rings. The van der Waals surface area contributed by atoms with Crippen LogP contribution in [0.3, 0.4) is 0 Å². The Hall–Kier alpha value is -2.12. The van der Waals surface area contributed by atoms with E-state index in [-0.39, 0.29) is 17.8 Å². The molecule has 0 aliphatic heterocycles. The summed E-state index contributed by atoms with van der Waals surface area (Å²) in [5.41, 5.74) is 6.37. The van der Waals surface area contributed by atoms with Crippen molar-refractivity contribution in [3.8, 4) is 0 Å². The van der Waals surface area contributed by atoms with Crippen molar-refractivity contribution in [3.05, 3.63) is 35.4 Å². The standard InChI is InChI=1S/C13H19N3O4/c1-19-8-11(20-2)7-15-13(17)10-5-3-4-9(6-10)12(14)16-18/h3-6,11,18H,7-8H2,1-2H3,(H2,14,16)(H,15,17). The number of oxime groups is 1. The summed E-state index contributed by atoms with van der Waals surface area (Å²) in [4.78, 5) is 12.0. The molecule has 0 bridgehead atoms. The van der Waals surface area contributed by atoms with Gasteiger partial charge in [0.25, 0.3) is 5.91 Å². The van der Waals surface area contributed by atoms with Crippen molar-refractivity contribution in [3.63, 3.8) is 0 Å². The van der Waals surface area contributed by atoms with E-state index in [4.69, 9.17) is 20.4 Å². The van der Waals surface area contributed by atoms with Gasteiger partial charge in [0, 0.05) is 31.9 Å². The topological polar surface area (TPSA) is 106 Å². The van der Waals surface area contributed by atoms with Gasteiger partial charge in [-0.1, -0.05) is 17.3 Å². The largest absolute Gasteiger partial charge is 0.409 e. The van der Waals surface area contributed by atoms with Crippen LogP contribution in [-0.2, 0) is 9.47 Å². The third-order valence-corrected chi connectivity index (χ3v) is 2.70. The summed E-state index contributed by atoms with van der Waals surface area (Å²) < 4.78 is 10.1. The number of nitrogens with two attached hydrogens (primary N) is 1. The van der Waals surface area contributed by atoms with Gasteiger partial charge in [-0.05, 0) is 12.1 Å². The number of carbonyl (C=O) groups excluding carboxylic acids is 1. The maximum absolute atomic E-state index is 12.0. The van der Waals surface area contributed by atoms with E-state index in [0.29, 0.717) is 24.3 Å². The van der Waals surface area contributed by atoms with Gasteiger partial charge in [0.05, 0.1) is 12.7 Å². The predicted octanol–water partition coefficient (Wildman–Crippen LogP) is 0.172. The maximum Gasteiger partial charge on any atom is 0.251 e. The van der Waals surface area contributed by atoms with Gasteiger partial charge in [0.1, 0.15) is 0 Å². The molecule has 20 heavy (non-hydrogen) atoms. The van der Waals surface area contributed by atoms with Crippen LogP contribution in [0.15, 0.2) is 29.4 Å². The minimum Gasteiger partial charge on any atom is -0.409 e. The first kappa shape index (κ1) is 15.9. The number of hydrogen-bond acceptors (Lipinski definition) is 5. The van der Waals surface area contributed by atoms with E-state index in [1.165, 1.54) is 0 Å². The lowest BCUT2D eigenvalue weighted by Gasteiger charge is -2.15. The number of carbonyl (C=O) groups is 1. The number of methoxy groups -OCH3 is 2. The quantitative estimate of drug-likeness (QED) is 0.286. The van der Waals surface area contributed by atoms with E-state index < -0.39 is 0 Å². The van der Waals surface area contributed by atoms with Gasteiger partial charge in [-0.3, -0.25) is 4.79 Å². The Balaban J connectivity index is 2.68. The molecule has 1 aromatic rings. The van der Waals surface area contributed by atoms with Crippen LogP contribution in [0.2, 0.25) is 0 Å². The molecule has 1 unspecified atom stereocenters. The fraction of sp³-hybridized carbons (Fsp3) is 0.385. The lowest BCUT2D eigenvalue weighted by Crippen LogP contribution is -2.35. The van der Waals surface area contributed by atoms with Crippen LogP contribution >= 0.6 is 0 Å². The zero-order chi connectivity index (χ0) is 15.0. The zero-order valence-electron chi connectivity index (χ0n) is 11.5. The third-order valence-electron chi connectivity index (χ3n) is 2.70. The van der Waals surface area contributed by atoms with Crippen LogP contribution in [0.5, 0.6) is 0 Å². The maximum atomic E-state index is 12.0. The molecule has 7 heteroatoms. The van der Waals surface area contributed by atoms with Crippen molar-refractivity contribution in [2.75, 3.05) is 27.4 Å². The van der Waals surface area contributed by atoms with E-state index in [1.807, 2.05) is 0 Å². The lowest BCUT2D eigenvalue weighted by molar-refractivity contribution is 0.0285. The predicted molar refractivity (Wildman–Crippen MR) is 74.0 cm³/mol. The average Bonchev–Trinajstić information content (AvgIpc) is 2.50. The second kappa shape index (κ2) is 8.13. The second-order valence-corrected chi connectivity index (χ2v) is 4.09. The molecule has 0 fully saturated rings. The number of benzene rings is 1. The molecule has 7 nitrogen and oxygen atoms in total. The number of amidine groups is 1. The highest BCUT2D eigenvalue weighted by atomic mass is 16.5. The number of nitrogens with zero attached hydrogens (tertiary/aromatic N) is 1. The lowest BCUT2D eigenvalue weighted by atomic mass is 10.1. The van der Waals surface area contributed by atoms with Crippen LogP contribution in [-0.4, -0.2) is 50.4 Å². The van der Waals surface area contributed by atoms with E-state index >= 15 is 0 Å². The van der Waals surface area contributed by atoms with Crippen LogP contribution in [0, 0.1) is 0 Å². The van der Waals surface area contributed by atoms with Gasteiger partial charge in [-0.25, -0.2) is 0 Å². The van der Waals surface area contributed by atoms with Crippen molar-refractivity contribution in [2.45, 2.75) is 6.10 Å². The second-order valence-electron chi connectivity index (χ2n) is 4.09. The molecule has 0 heterocycles. The van der Waals surface area contributed by atoms with Gasteiger partial charge >= 0.3 is 0 Å². The van der Waals surface area contributed by atoms with Crippen molar-refractivity contribution in [1.29, 1.82) is 0 Å². The highest BCUT2D eigenvalue weighted by Crippen LogP contribution is 2.05. The normalized spacial score (nSPS) is 13.0. The van der Waals surface area contributed by atoms with Gasteiger partial charge in [-0.2, -0.15) is 0 Å². The first-order valence-electron chi connectivity index (χ1n) is 6.00. The Morgan fingerprint density at radius 3 is 2.75 bits per heavy atom. The first-order chi connectivity index (χ1) is 9.62. The van der Waals surface area contributed by atoms with E-state index in [2.05, 4.69) is 10.5 Å². The molecule has 1 atom stereocenters. The van der Waals surface area contributed by atoms with Crippen LogP contribution in [0.4, 0.5) is 0 Å². The average molecular weight is 281 g/mol. The minimum atomic E-state index is -0.268. The molecule has 4 N–H and O–H groups in total. The molecule has 0 aromatic heterocycles. The van der Waals surface area contributed by atoms with E-state index in [9.17, 15) is 4.79 Å². The summed E-state index contributed by atoms with van der Waals surface area (Å²) in [5.74, 6) is -0.315. The summed E-state index contributed by atoms with van der Waals surface area (Å²) in [5, 5.41) is 14.2. The summed E-state index contributed by atoms with van der Waals surface area (Å²) in [6.07, 6.45) is -0.212. The molecule has 0 spiro atoms. The minimum absolute atomic E-state index is 0.0474. The van der Waals surface area contributed by atoms with E-state index in [1.54, 1.807) is 38.5 Å². The summed E-state index contributed by atoms with van der Waals surface area (Å²) in [7, 11) is 3.11. The Labute approximate surface area is 117 Å². The number of amides is 1. The molecular weight excluding hydrogens is 262 g/mol. The Morgan fingerprint density at radius 2 is 2.15 bits per heavy atom. The van der Waals surface area contributed by atoms with Crippen LogP contribution < -0.4 is 11.1 Å². The Bertz CT molecular complexity index is 476. The molecule has 1 rings (SSSR count). The number of ether oxygens (including phenoxy) is 2. The van der Waals surface area contributed by atoms with Gasteiger partial charge in [-0.15, -0.1) is 0 Å². The van der Waals surface area contributed by atoms with Gasteiger partial charge in [0.2, 0.25) is 0 Å². The van der Waals surface area contributed by atoms with Crippen LogP contribution in [0.1, 0.15) is 15.9 Å². The van der Waals surface area contributed by atoms with E-state index in [0.717, 1.165) is 0 Å². The molecule has 110 valence electrons. The summed E-state index contributed by atoms with van der Waals surface area (Å²) >= 11 is 0. The molecule has 0 saturated carbocycles. The van der Waals surface area contributed by atoms with Gasteiger partial charge < -0.3 is 25.7 Å². The number of nitrogens with one attached hydrogen (secondary N) is 1. The fourth-order valence-corrected chi connectivity index (χ4v) is 1.58. The van der Waals surface area contributed by atoms with Gasteiger partial charge in [0.15, 0.2) is 5.84 Å². The highest BCUT2D eigenvalue weighted by molar-refractivity contribution is 6.01. The third kappa shape index (κ3) is 4.52. The van der Waals surface area contributed by atoms with Crippen LogP contribution in [0.25, 0.3) is 0 Å². The molecule has 1 aromatic carbocycles. The smallest absolute Gasteiger partial charge is 0.251 e. The van der Waals surface area contributed by atoms with Crippen molar-refractivity contribution in [1.82, 2.24) is 5.32 Å². The summed E-state index contributed by atoms with van der Waals surface area (Å²) in [6, 6.07) is 6.49. The monoisotopic (exact) mass is 281 g/mol. The SMILES string of the molecule is COCC(CNC(=O)c1cccc(/C(N)=N/O)c1)OC. The highest BCUT2D eigenvalue weighted by Gasteiger charge is 2.11. The molecule has 0 aliphatic carbocycles. The Kier molecular flexibility index (Phi) is 6.48. The van der Waals surface area contributed by atoms with Crippen molar-refractivity contribution < 1.29 is 19.5 Å². The van der Waals surface area contributed by atoms with Crippen molar-refractivity contribution in [2.24, 2.45) is 10.9 Å². The number of hydrogen-bond donors (Lipinski definition) is 3. The Morgan fingerprint density at radius 1 is 1.45 bits per heavy atom. The molecule has 1 amide bonds. The zero-order valence-corrected chi connectivity index (χ0v) is 11.5. The molecule has 0 saturated heterocycles. The molecular formula is C13H19N3O4. The summed E-state index contributed by atoms with van der Waals surface area (Å²) in [6.45, 7) is 0.720.